The number of halogens is 3. The van der Waals surface area contributed by atoms with Crippen molar-refractivity contribution < 1.29 is 12.8 Å². The number of aromatic nitrogens is 1. The van der Waals surface area contributed by atoms with Crippen molar-refractivity contribution in [2.24, 2.45) is 0 Å². The van der Waals surface area contributed by atoms with E-state index in [1.165, 1.54) is 12.1 Å². The van der Waals surface area contributed by atoms with Gasteiger partial charge in [-0.15, -0.1) is 0 Å². The molecule has 25 heavy (non-hydrogen) atoms. The molecule has 0 fully saturated rings. The van der Waals surface area contributed by atoms with E-state index in [-0.39, 0.29) is 4.90 Å². The number of hydrogen-bond donors (Lipinski definition) is 0. The molecular formula is C18H14BrFINO2S. The maximum Gasteiger partial charge on any atom is 0.178 e. The van der Waals surface area contributed by atoms with Crippen LogP contribution in [0.15, 0.2) is 57.9 Å². The van der Waals surface area contributed by atoms with E-state index in [1.54, 1.807) is 6.07 Å². The lowest BCUT2D eigenvalue weighted by molar-refractivity contribution is 0.571. The molecular weight excluding hydrogens is 520 g/mol. The summed E-state index contributed by atoms with van der Waals surface area (Å²) in [6.07, 6.45) is 1.00. The summed E-state index contributed by atoms with van der Waals surface area (Å²) < 4.78 is 41.6. The molecule has 0 saturated heterocycles. The predicted octanol–water partition coefficient (Wildman–Crippen LogP) is 5.36. The van der Waals surface area contributed by atoms with E-state index < -0.39 is 15.7 Å². The van der Waals surface area contributed by atoms with E-state index in [0.29, 0.717) is 5.56 Å². The minimum atomic E-state index is -3.59. The van der Waals surface area contributed by atoms with Crippen LogP contribution < -0.4 is 0 Å². The standard InChI is InChI=1S/C18H14BrFINO2S/c1-11-9-16(21)18(22(11)14-6-4-13(19)5-7-14)12-3-8-17(15(20)10-12)25(2,23)24/h3-10H,1-2H3. The predicted molar refractivity (Wildman–Crippen MR) is 109 cm³/mol. The van der Waals surface area contributed by atoms with Gasteiger partial charge in [-0.1, -0.05) is 22.0 Å². The Hall–Kier alpha value is -1.19. The van der Waals surface area contributed by atoms with Crippen LogP contribution in [0.4, 0.5) is 4.39 Å². The van der Waals surface area contributed by atoms with Crippen LogP contribution >= 0.6 is 38.5 Å². The Morgan fingerprint density at radius 3 is 2.28 bits per heavy atom. The van der Waals surface area contributed by atoms with Crippen LogP contribution in [-0.2, 0) is 9.84 Å². The fourth-order valence-corrected chi connectivity index (χ4v) is 4.73. The van der Waals surface area contributed by atoms with Gasteiger partial charge in [0.15, 0.2) is 9.84 Å². The Morgan fingerprint density at radius 2 is 1.72 bits per heavy atom. The molecule has 130 valence electrons. The van der Waals surface area contributed by atoms with Gasteiger partial charge in [0.1, 0.15) is 10.7 Å². The third-order valence-electron chi connectivity index (χ3n) is 3.83. The summed E-state index contributed by atoms with van der Waals surface area (Å²) in [6, 6.07) is 14.1. The van der Waals surface area contributed by atoms with Gasteiger partial charge in [0.25, 0.3) is 0 Å². The van der Waals surface area contributed by atoms with E-state index >= 15 is 0 Å². The van der Waals surface area contributed by atoms with Gasteiger partial charge < -0.3 is 4.57 Å². The Kier molecular flexibility index (Phi) is 5.09. The zero-order valence-electron chi connectivity index (χ0n) is 13.4. The number of hydrogen-bond acceptors (Lipinski definition) is 2. The average molecular weight is 534 g/mol. The highest BCUT2D eigenvalue weighted by Gasteiger charge is 2.19. The summed E-state index contributed by atoms with van der Waals surface area (Å²) in [5.74, 6) is -0.739. The molecule has 0 unspecified atom stereocenters. The Morgan fingerprint density at radius 1 is 1.08 bits per heavy atom. The summed E-state index contributed by atoms with van der Waals surface area (Å²) in [5.41, 5.74) is 3.42. The first kappa shape index (κ1) is 18.6. The fourth-order valence-electron chi connectivity index (χ4n) is 2.74. The molecule has 3 aromatic rings. The molecule has 0 aliphatic carbocycles. The molecule has 1 heterocycles. The van der Waals surface area contributed by atoms with Gasteiger partial charge in [0.2, 0.25) is 0 Å². The van der Waals surface area contributed by atoms with E-state index in [4.69, 9.17) is 0 Å². The number of rotatable bonds is 3. The van der Waals surface area contributed by atoms with Gasteiger partial charge in [-0.3, -0.25) is 0 Å². The smallest absolute Gasteiger partial charge is 0.178 e. The van der Waals surface area contributed by atoms with E-state index in [1.807, 2.05) is 41.8 Å². The van der Waals surface area contributed by atoms with E-state index in [0.717, 1.165) is 31.4 Å². The van der Waals surface area contributed by atoms with Gasteiger partial charge in [-0.05, 0) is 72.0 Å². The molecule has 7 heteroatoms. The molecule has 0 amide bonds. The second-order valence-electron chi connectivity index (χ2n) is 5.71. The van der Waals surface area contributed by atoms with Crippen molar-refractivity contribution in [3.05, 3.63) is 68.1 Å². The fraction of sp³-hybridized carbons (Fsp3) is 0.111. The lowest BCUT2D eigenvalue weighted by Gasteiger charge is -2.13. The van der Waals surface area contributed by atoms with Crippen molar-refractivity contribution in [2.75, 3.05) is 6.26 Å². The third-order valence-corrected chi connectivity index (χ3v) is 6.31. The minimum absolute atomic E-state index is 0.287. The van der Waals surface area contributed by atoms with Gasteiger partial charge in [0.05, 0.1) is 5.69 Å². The third kappa shape index (κ3) is 3.68. The second-order valence-corrected chi connectivity index (χ2v) is 9.77. The SMILES string of the molecule is Cc1cc(I)c(-c2ccc(S(C)(=O)=O)c(F)c2)n1-c1ccc(Br)cc1. The molecule has 3 nitrogen and oxygen atoms in total. The summed E-state index contributed by atoms with van der Waals surface area (Å²) in [4.78, 5) is -0.287. The van der Waals surface area contributed by atoms with E-state index in [2.05, 4.69) is 38.5 Å². The van der Waals surface area contributed by atoms with Crippen LogP contribution in [0.3, 0.4) is 0 Å². The monoisotopic (exact) mass is 533 g/mol. The van der Waals surface area contributed by atoms with Crippen molar-refractivity contribution in [1.82, 2.24) is 4.57 Å². The molecule has 0 aliphatic rings. The summed E-state index contributed by atoms with van der Waals surface area (Å²) in [5, 5.41) is 0. The van der Waals surface area contributed by atoms with Crippen LogP contribution in [0.25, 0.3) is 16.9 Å². The van der Waals surface area contributed by atoms with Crippen LogP contribution in [0.1, 0.15) is 5.69 Å². The zero-order valence-corrected chi connectivity index (χ0v) is 18.0. The van der Waals surface area contributed by atoms with Gasteiger partial charge in [-0.2, -0.15) is 0 Å². The highest BCUT2D eigenvalue weighted by Crippen LogP contribution is 2.33. The van der Waals surface area contributed by atoms with Crippen LogP contribution in [-0.4, -0.2) is 19.2 Å². The number of aryl methyl sites for hydroxylation is 1. The van der Waals surface area contributed by atoms with Crippen LogP contribution in [0.5, 0.6) is 0 Å². The quantitative estimate of drug-likeness (QED) is 0.425. The van der Waals surface area contributed by atoms with Crippen LogP contribution in [0, 0.1) is 16.3 Å². The van der Waals surface area contributed by atoms with Crippen molar-refractivity contribution in [3.63, 3.8) is 0 Å². The maximum absolute atomic E-state index is 14.4. The van der Waals surface area contributed by atoms with Gasteiger partial charge in [0, 0.05) is 31.2 Å². The van der Waals surface area contributed by atoms with Crippen molar-refractivity contribution in [1.29, 1.82) is 0 Å². The molecule has 0 bridgehead atoms. The molecule has 0 atom stereocenters. The lowest BCUT2D eigenvalue weighted by Crippen LogP contribution is -2.03. The molecule has 0 radical (unpaired) electrons. The molecule has 3 rings (SSSR count). The maximum atomic E-state index is 14.4. The number of benzene rings is 2. The van der Waals surface area contributed by atoms with E-state index in [9.17, 15) is 12.8 Å². The molecule has 1 aromatic heterocycles. The zero-order chi connectivity index (χ0) is 18.4. The average Bonchev–Trinajstić information content (AvgIpc) is 2.81. The number of nitrogens with zero attached hydrogens (tertiary/aromatic N) is 1. The summed E-state index contributed by atoms with van der Waals surface area (Å²) in [7, 11) is -3.59. The minimum Gasteiger partial charge on any atom is -0.313 e. The lowest BCUT2D eigenvalue weighted by atomic mass is 10.1. The highest BCUT2D eigenvalue weighted by molar-refractivity contribution is 14.1. The first-order chi connectivity index (χ1) is 11.7. The van der Waals surface area contributed by atoms with Gasteiger partial charge in [-0.25, -0.2) is 12.8 Å². The number of sulfone groups is 1. The molecule has 0 saturated carbocycles. The normalized spacial score (nSPS) is 11.7. The highest BCUT2D eigenvalue weighted by atomic mass is 127. The summed E-state index contributed by atoms with van der Waals surface area (Å²) in [6.45, 7) is 1.98. The van der Waals surface area contributed by atoms with Crippen LogP contribution in [0.2, 0.25) is 0 Å². The molecule has 2 aromatic carbocycles. The molecule has 0 N–H and O–H groups in total. The Bertz CT molecular complexity index is 1060. The summed E-state index contributed by atoms with van der Waals surface area (Å²) >= 11 is 5.63. The van der Waals surface area contributed by atoms with Crippen molar-refractivity contribution in [3.8, 4) is 16.9 Å². The molecule has 0 aliphatic heterocycles. The largest absolute Gasteiger partial charge is 0.313 e. The second kappa shape index (κ2) is 6.85. The first-order valence-corrected chi connectivity index (χ1v) is 11.1. The van der Waals surface area contributed by atoms with Crippen molar-refractivity contribution in [2.45, 2.75) is 11.8 Å². The Labute approximate surface area is 168 Å². The first-order valence-electron chi connectivity index (χ1n) is 7.32. The topological polar surface area (TPSA) is 39.1 Å². The van der Waals surface area contributed by atoms with Gasteiger partial charge >= 0.3 is 0 Å². The Balaban J connectivity index is 2.22. The molecule has 0 spiro atoms. The van der Waals surface area contributed by atoms with Crippen molar-refractivity contribution >= 4 is 48.4 Å².